The molecule has 3 aliphatic heterocycles. The first kappa shape index (κ1) is 88.9. The highest BCUT2D eigenvalue weighted by molar-refractivity contribution is 4.86. The lowest BCUT2D eigenvalue weighted by atomic mass is 9.84. The van der Waals surface area contributed by atoms with E-state index in [1.807, 2.05) is 0 Å². The number of hydrogen-bond acceptors (Lipinski definition) is 8. The summed E-state index contributed by atoms with van der Waals surface area (Å²) in [7, 11) is 0. The summed E-state index contributed by atoms with van der Waals surface area (Å²) < 4.78 is 26.2. The van der Waals surface area contributed by atoms with Gasteiger partial charge < -0.3 is 29.2 Å². The van der Waals surface area contributed by atoms with Crippen molar-refractivity contribution >= 4 is 0 Å². The summed E-state index contributed by atoms with van der Waals surface area (Å²) in [5.41, 5.74) is 0. The minimum Gasteiger partial charge on any atom is -0.396 e. The molecule has 0 amide bonds. The average Bonchev–Trinajstić information content (AvgIpc) is 1.56. The van der Waals surface area contributed by atoms with Gasteiger partial charge >= 0.3 is 0 Å². The van der Waals surface area contributed by atoms with Gasteiger partial charge in [-0.25, -0.2) is 0 Å². The summed E-state index contributed by atoms with van der Waals surface area (Å²) in [4.78, 5) is 4.94. The summed E-state index contributed by atoms with van der Waals surface area (Å²) >= 11 is 0. The van der Waals surface area contributed by atoms with E-state index in [1.54, 1.807) is 0 Å². The summed E-state index contributed by atoms with van der Waals surface area (Å²) in [5.74, 6) is 18.5. The van der Waals surface area contributed by atoms with Gasteiger partial charge in [-0.1, -0.05) is 289 Å². The number of rotatable bonds is 6. The fourth-order valence-corrected chi connectivity index (χ4v) is 21.6. The van der Waals surface area contributed by atoms with Crippen molar-refractivity contribution in [2.75, 3.05) is 92.1 Å². The molecule has 0 spiro atoms. The molecule has 0 aromatic carbocycles. The minimum absolute atomic E-state index is 0.129. The maximum Gasteiger partial charge on any atom is 0.0934 e. The minimum atomic E-state index is 0.129. The van der Waals surface area contributed by atoms with Crippen molar-refractivity contribution in [3.8, 4) is 0 Å². The van der Waals surface area contributed by atoms with Gasteiger partial charge in [0.2, 0.25) is 0 Å². The molecule has 102 heavy (non-hydrogen) atoms. The number of fused-ring (bicyclic) bond motifs is 8. The fourth-order valence-electron chi connectivity index (χ4n) is 21.6. The van der Waals surface area contributed by atoms with Gasteiger partial charge in [0.15, 0.2) is 0 Å². The maximum absolute atomic E-state index is 9.72. The van der Waals surface area contributed by atoms with E-state index in [1.165, 1.54) is 257 Å². The van der Waals surface area contributed by atoms with Crippen molar-refractivity contribution in [2.24, 2.45) is 130 Å². The van der Waals surface area contributed by atoms with E-state index >= 15 is 0 Å². The van der Waals surface area contributed by atoms with Crippen molar-refractivity contribution in [3.05, 3.63) is 0 Å². The van der Waals surface area contributed by atoms with Crippen LogP contribution in [0, 0.1) is 130 Å². The van der Waals surface area contributed by atoms with Crippen molar-refractivity contribution in [1.29, 1.82) is 0 Å². The van der Waals surface area contributed by atoms with Crippen molar-refractivity contribution in [1.82, 2.24) is 9.80 Å². The van der Waals surface area contributed by atoms with Crippen molar-refractivity contribution < 1.29 is 29.2 Å². The first-order valence-corrected chi connectivity index (χ1v) is 46.4. The zero-order valence-electron chi connectivity index (χ0n) is 70.3. The van der Waals surface area contributed by atoms with Crippen LogP contribution < -0.4 is 0 Å². The molecule has 7 fully saturated rings. The van der Waals surface area contributed by atoms with Gasteiger partial charge in [0.25, 0.3) is 0 Å². The van der Waals surface area contributed by atoms with E-state index in [0.717, 1.165) is 198 Å². The topological polar surface area (TPSA) is 83.9 Å². The van der Waals surface area contributed by atoms with Gasteiger partial charge in [0.05, 0.1) is 25.4 Å². The molecule has 8 heteroatoms. The largest absolute Gasteiger partial charge is 0.396 e. The Morgan fingerprint density at radius 2 is 0.490 bits per heavy atom. The van der Waals surface area contributed by atoms with E-state index in [0.29, 0.717) is 50.1 Å². The smallest absolute Gasteiger partial charge is 0.0934 e. The number of ether oxygens (including phenoxy) is 4. The Bertz CT molecular complexity index is 1890. The highest BCUT2D eigenvalue weighted by atomic mass is 16.5. The Hall–Kier alpha value is -0.320. The van der Waals surface area contributed by atoms with Gasteiger partial charge in [0, 0.05) is 90.7 Å². The molecule has 8 bridgehead atoms. The molecule has 0 aromatic heterocycles. The second-order valence-electron chi connectivity index (χ2n) is 39.9. The Labute approximate surface area is 635 Å². The Balaban J connectivity index is 0.792. The summed E-state index contributed by atoms with van der Waals surface area (Å²) in [6.45, 7) is 41.8. The van der Waals surface area contributed by atoms with E-state index in [-0.39, 0.29) is 12.2 Å². The molecule has 8 nitrogen and oxygen atoms in total. The molecule has 0 radical (unpaired) electrons. The van der Waals surface area contributed by atoms with Crippen LogP contribution in [0.15, 0.2) is 0 Å². The van der Waals surface area contributed by atoms with Crippen LogP contribution in [0.5, 0.6) is 0 Å². The Morgan fingerprint density at radius 1 is 0.255 bits per heavy atom. The molecule has 4 aliphatic carbocycles. The molecule has 4 saturated carbocycles. The Kier molecular flexibility index (Phi) is 44.7. The van der Waals surface area contributed by atoms with E-state index in [4.69, 9.17) is 18.9 Å². The highest BCUT2D eigenvalue weighted by Crippen LogP contribution is 2.45. The fraction of sp³-hybridized carbons (Fsp3) is 1.00. The molecule has 2 N–H and O–H groups in total. The van der Waals surface area contributed by atoms with E-state index in [2.05, 4.69) is 92.9 Å². The lowest BCUT2D eigenvalue weighted by Crippen LogP contribution is -2.52. The molecular formula is C94H178N2O6. The van der Waals surface area contributed by atoms with Crippen LogP contribution in [0.3, 0.4) is 0 Å². The van der Waals surface area contributed by atoms with Crippen LogP contribution in [-0.2, 0) is 18.9 Å². The van der Waals surface area contributed by atoms with E-state index in [9.17, 15) is 10.2 Å². The quantitative estimate of drug-likeness (QED) is 0.272. The lowest BCUT2D eigenvalue weighted by molar-refractivity contribution is -0.0584. The summed E-state index contributed by atoms with van der Waals surface area (Å²) in [6.07, 6.45) is 62.2. The van der Waals surface area contributed by atoms with Crippen LogP contribution in [0.25, 0.3) is 0 Å². The molecule has 22 unspecified atom stereocenters. The molecule has 600 valence electrons. The normalized spacial score (nSPS) is 39.9. The number of likely N-dealkylation sites (tertiary alicyclic amines) is 2. The standard InChI is InChI=1S/C94H178N2O6/c1-71-21-13-29-79(9)89-45-41-83(57-89)33-17-25-75(5)49-53-99-69-93(65-95-61-87(62-95)67-97)101-55-51-77(7)27-19-35-85-43-47-91(59-85)81(11)31-15-23-73(3)39-40-74(4)24-16-32-82(12)92-48-44-86(60-92)36-20-28-78(8)52-56-102-94(66-96-63-88(64-96)68-98)70-100-54-50-76(6)26-18-34-84-42-46-90(58-84)80(10)30-14-22-72(2)38-37-71/h71-94,97-98H,13-70H2,1-12H3. The van der Waals surface area contributed by atoms with Gasteiger partial charge in [-0.05, 0) is 195 Å². The summed E-state index contributed by atoms with van der Waals surface area (Å²) in [6, 6.07) is 0. The zero-order valence-corrected chi connectivity index (χ0v) is 70.3. The molecule has 22 atom stereocenters. The van der Waals surface area contributed by atoms with Gasteiger partial charge in [-0.2, -0.15) is 0 Å². The third-order valence-corrected chi connectivity index (χ3v) is 30.1. The molecule has 3 heterocycles. The number of nitrogens with zero attached hydrogens (tertiary/aromatic N) is 2. The number of aliphatic hydroxyl groups excluding tert-OH is 2. The molecule has 0 aromatic rings. The molecule has 3 saturated heterocycles. The first-order valence-electron chi connectivity index (χ1n) is 46.4. The van der Waals surface area contributed by atoms with Crippen molar-refractivity contribution in [2.45, 2.75) is 378 Å². The van der Waals surface area contributed by atoms with Crippen LogP contribution >= 0.6 is 0 Å². The molecule has 7 aliphatic rings. The zero-order chi connectivity index (χ0) is 72.9. The van der Waals surface area contributed by atoms with Crippen LogP contribution in [0.1, 0.15) is 366 Å². The average molecular weight is 1430 g/mol. The lowest BCUT2D eigenvalue weighted by Gasteiger charge is -2.40. The maximum atomic E-state index is 9.72. The monoisotopic (exact) mass is 1430 g/mol. The van der Waals surface area contributed by atoms with Crippen LogP contribution in [-0.4, -0.2) is 124 Å². The molecular weight excluding hydrogens is 1250 g/mol. The molecule has 7 rings (SSSR count). The number of hydrogen-bond donors (Lipinski definition) is 2. The second kappa shape index (κ2) is 51.3. The van der Waals surface area contributed by atoms with Gasteiger partial charge in [0.1, 0.15) is 0 Å². The van der Waals surface area contributed by atoms with Crippen molar-refractivity contribution in [3.63, 3.8) is 0 Å². The number of aliphatic hydroxyl groups is 2. The second-order valence-corrected chi connectivity index (χ2v) is 39.9. The highest BCUT2D eigenvalue weighted by Gasteiger charge is 2.35. The predicted molar refractivity (Wildman–Crippen MR) is 436 cm³/mol. The predicted octanol–water partition coefficient (Wildman–Crippen LogP) is 24.4. The van der Waals surface area contributed by atoms with Crippen LogP contribution in [0.2, 0.25) is 0 Å². The Morgan fingerprint density at radius 3 is 0.745 bits per heavy atom. The van der Waals surface area contributed by atoms with Gasteiger partial charge in [-0.15, -0.1) is 0 Å². The van der Waals surface area contributed by atoms with E-state index < -0.39 is 0 Å². The third kappa shape index (κ3) is 36.2. The summed E-state index contributed by atoms with van der Waals surface area (Å²) in [5, 5.41) is 19.4. The third-order valence-electron chi connectivity index (χ3n) is 30.1. The van der Waals surface area contributed by atoms with Gasteiger partial charge in [-0.3, -0.25) is 9.80 Å². The SMILES string of the molecule is CC1CCCC2CCC(C2)C(C)CCCC(C)CCC(C)CCCC(C)C2CCC(CCCC(C)CCOCC(CN3CC(CO)C3)OCCC(C)CCCC3CCC(C3)C(C)CCCC(C)CCC(C)CCCC(C)C3CCC(CCCC(C)CCOC(CN4CC(CO)C4)COCC1)C3)C2. The van der Waals surface area contributed by atoms with Crippen LogP contribution in [0.4, 0.5) is 0 Å². The first-order chi connectivity index (χ1) is 49.4.